The van der Waals surface area contributed by atoms with E-state index in [-0.39, 0.29) is 12.0 Å². The van der Waals surface area contributed by atoms with Crippen molar-refractivity contribution in [1.29, 1.82) is 10.5 Å². The van der Waals surface area contributed by atoms with E-state index < -0.39 is 9.84 Å². The van der Waals surface area contributed by atoms with Gasteiger partial charge in [0.15, 0.2) is 5.65 Å². The van der Waals surface area contributed by atoms with Crippen molar-refractivity contribution in [2.24, 2.45) is 0 Å². The third-order valence-corrected chi connectivity index (χ3v) is 12.0. The molecule has 0 spiro atoms. The van der Waals surface area contributed by atoms with Crippen LogP contribution in [0.25, 0.3) is 5.65 Å². The molecule has 1 saturated carbocycles. The molecule has 3 saturated heterocycles. The van der Waals surface area contributed by atoms with Gasteiger partial charge in [0.25, 0.3) is 0 Å². The molecular formula is C31H38ClN11O2S. The largest absolute Gasteiger partial charge is 0.365 e. The quantitative estimate of drug-likeness (QED) is 0.380. The van der Waals surface area contributed by atoms with Crippen LogP contribution in [0.15, 0.2) is 18.3 Å². The Morgan fingerprint density at radius 2 is 1.67 bits per heavy atom. The molecule has 4 fully saturated rings. The number of nitrogens with zero attached hydrogens (tertiary/aromatic N) is 9. The molecule has 2 N–H and O–H groups in total. The second kappa shape index (κ2) is 12.5. The van der Waals surface area contributed by atoms with Crippen LogP contribution in [0.1, 0.15) is 56.6 Å². The maximum Gasteiger partial charge on any atom is 0.232 e. The number of anilines is 4. The van der Waals surface area contributed by atoms with E-state index in [9.17, 15) is 18.9 Å². The number of piperazine rings is 1. The first kappa shape index (κ1) is 30.9. The van der Waals surface area contributed by atoms with Crippen LogP contribution in [0.4, 0.5) is 23.3 Å². The zero-order valence-corrected chi connectivity index (χ0v) is 27.4. The predicted molar refractivity (Wildman–Crippen MR) is 176 cm³/mol. The second-order valence-electron chi connectivity index (χ2n) is 13.0. The number of halogens is 1. The van der Waals surface area contributed by atoms with Gasteiger partial charge in [0, 0.05) is 43.8 Å². The average Bonchev–Trinajstić information content (AvgIpc) is 3.77. The van der Waals surface area contributed by atoms with E-state index in [0.717, 1.165) is 76.9 Å². The van der Waals surface area contributed by atoms with E-state index in [0.29, 0.717) is 63.1 Å². The van der Waals surface area contributed by atoms with E-state index in [1.165, 1.54) is 10.7 Å². The first-order valence-corrected chi connectivity index (χ1v) is 18.3. The lowest BCUT2D eigenvalue weighted by molar-refractivity contribution is 0.0701. The number of likely N-dealkylation sites (tertiary alicyclic amines) is 1. The van der Waals surface area contributed by atoms with Gasteiger partial charge in [-0.2, -0.15) is 30.1 Å². The number of rotatable bonds is 7. The summed E-state index contributed by atoms with van der Waals surface area (Å²) in [5, 5.41) is 30.9. The minimum atomic E-state index is -2.85. The van der Waals surface area contributed by atoms with Gasteiger partial charge < -0.3 is 20.4 Å². The lowest BCUT2D eigenvalue weighted by Crippen LogP contribution is -2.57. The number of benzene rings is 1. The highest BCUT2D eigenvalue weighted by molar-refractivity contribution is 7.91. The van der Waals surface area contributed by atoms with Crippen LogP contribution in [0.2, 0.25) is 5.02 Å². The van der Waals surface area contributed by atoms with Crippen LogP contribution in [0.3, 0.4) is 0 Å². The van der Waals surface area contributed by atoms with Crippen LogP contribution in [-0.2, 0) is 9.84 Å². The second-order valence-corrected chi connectivity index (χ2v) is 15.7. The van der Waals surface area contributed by atoms with Crippen LogP contribution >= 0.6 is 11.6 Å². The van der Waals surface area contributed by atoms with E-state index in [1.54, 1.807) is 6.07 Å². The fourth-order valence-corrected chi connectivity index (χ4v) is 8.88. The maximum atomic E-state index is 11.9. The molecule has 242 valence electrons. The van der Waals surface area contributed by atoms with E-state index in [2.05, 4.69) is 59.5 Å². The molecule has 3 aromatic rings. The molecule has 1 aromatic carbocycles. The number of aromatic nitrogens is 4. The Hall–Kier alpha value is -3.69. The number of nitriles is 2. The summed E-state index contributed by atoms with van der Waals surface area (Å²) in [6, 6.07) is 9.32. The van der Waals surface area contributed by atoms with E-state index >= 15 is 0 Å². The molecule has 13 nitrogen and oxygen atoms in total. The van der Waals surface area contributed by atoms with E-state index in [4.69, 9.17) is 11.6 Å². The average molecular weight is 664 g/mol. The highest BCUT2D eigenvalue weighted by atomic mass is 35.5. The van der Waals surface area contributed by atoms with Gasteiger partial charge in [-0.05, 0) is 70.7 Å². The number of hydrogen-bond acceptors (Lipinski definition) is 12. The van der Waals surface area contributed by atoms with E-state index in [1.807, 2.05) is 6.07 Å². The SMILES string of the molecule is C[C@H]1CN(C2CCN(C3CCS(=O)(=O)CC3)CC2)CCN1c1cc(C#N)cc(Nc2nc(NC3CC3)n3ncc(C#N)c3n2)c1Cl. The summed E-state index contributed by atoms with van der Waals surface area (Å²) in [5.74, 6) is 1.39. The summed E-state index contributed by atoms with van der Waals surface area (Å²) in [7, 11) is -2.85. The van der Waals surface area contributed by atoms with Gasteiger partial charge in [-0.3, -0.25) is 4.90 Å². The Kier molecular flexibility index (Phi) is 8.40. The van der Waals surface area contributed by atoms with Crippen molar-refractivity contribution < 1.29 is 8.42 Å². The van der Waals surface area contributed by atoms with Crippen LogP contribution in [0.5, 0.6) is 0 Å². The standard InChI is InChI=1S/C31H38ClN11O2S/c1-20-19-41(24-4-8-40(9-5-24)25-6-12-46(44,45)13-7-25)10-11-42(20)27-15-21(16-33)14-26(28(27)32)37-30-38-29-22(17-34)18-35-43(29)31(39-30)36-23-2-3-23/h14-15,18,20,23-25H,2-13,19H2,1H3,(H2,36,37,38,39)/t20-/m0/s1. The van der Waals surface area contributed by atoms with Gasteiger partial charge in [-0.15, -0.1) is 0 Å². The smallest absolute Gasteiger partial charge is 0.232 e. The van der Waals surface area contributed by atoms with Gasteiger partial charge in [0.2, 0.25) is 11.9 Å². The first-order valence-electron chi connectivity index (χ1n) is 16.1. The molecular weight excluding hydrogens is 626 g/mol. The molecule has 4 aliphatic rings. The summed E-state index contributed by atoms with van der Waals surface area (Å²) in [6.07, 6.45) is 7.24. The highest BCUT2D eigenvalue weighted by Gasteiger charge is 2.35. The van der Waals surface area contributed by atoms with Crippen molar-refractivity contribution in [2.45, 2.75) is 69.6 Å². The molecule has 0 unspecified atom stereocenters. The summed E-state index contributed by atoms with van der Waals surface area (Å²) in [4.78, 5) is 16.6. The Bertz CT molecular complexity index is 1810. The molecule has 2 aromatic heterocycles. The number of hydrogen-bond donors (Lipinski definition) is 2. The normalized spacial score (nSPS) is 23.2. The summed E-state index contributed by atoms with van der Waals surface area (Å²) < 4.78 is 25.3. The summed E-state index contributed by atoms with van der Waals surface area (Å²) in [6.45, 7) is 6.76. The Labute approximate surface area is 274 Å². The van der Waals surface area contributed by atoms with Gasteiger partial charge in [0.05, 0.1) is 45.7 Å². The van der Waals surface area contributed by atoms with Crippen molar-refractivity contribution in [3.05, 3.63) is 34.5 Å². The van der Waals surface area contributed by atoms with Crippen molar-refractivity contribution in [2.75, 3.05) is 59.8 Å². The minimum Gasteiger partial charge on any atom is -0.365 e. The topological polar surface area (TPSA) is 159 Å². The first-order chi connectivity index (χ1) is 22.2. The van der Waals surface area contributed by atoms with Crippen LogP contribution in [-0.4, -0.2) is 106 Å². The molecule has 0 bridgehead atoms. The van der Waals surface area contributed by atoms with Crippen LogP contribution in [0, 0.1) is 22.7 Å². The number of nitrogens with one attached hydrogen (secondary N) is 2. The molecule has 0 amide bonds. The molecule has 5 heterocycles. The molecule has 15 heteroatoms. The third kappa shape index (κ3) is 6.32. The van der Waals surface area contributed by atoms with Crippen molar-refractivity contribution in [3.8, 4) is 12.1 Å². The zero-order chi connectivity index (χ0) is 32.0. The molecule has 46 heavy (non-hydrogen) atoms. The van der Waals surface area contributed by atoms with Gasteiger partial charge in [0.1, 0.15) is 21.5 Å². The maximum absolute atomic E-state index is 11.9. The Balaban J connectivity index is 1.05. The fraction of sp³-hybridized carbons (Fsp3) is 0.581. The lowest BCUT2D eigenvalue weighted by atomic mass is 9.98. The molecule has 1 atom stereocenters. The molecule has 3 aliphatic heterocycles. The highest BCUT2D eigenvalue weighted by Crippen LogP contribution is 2.38. The van der Waals surface area contributed by atoms with Crippen molar-refractivity contribution in [1.82, 2.24) is 29.4 Å². The Morgan fingerprint density at radius 3 is 2.35 bits per heavy atom. The monoisotopic (exact) mass is 663 g/mol. The Morgan fingerprint density at radius 1 is 0.935 bits per heavy atom. The van der Waals surface area contributed by atoms with Crippen molar-refractivity contribution in [3.63, 3.8) is 0 Å². The molecule has 1 aliphatic carbocycles. The fourth-order valence-electron chi connectivity index (χ4n) is 7.14. The van der Waals surface area contributed by atoms with Crippen molar-refractivity contribution >= 4 is 50.4 Å². The lowest BCUT2D eigenvalue weighted by Gasteiger charge is -2.47. The van der Waals surface area contributed by atoms with Gasteiger partial charge in [-0.25, -0.2) is 8.42 Å². The predicted octanol–water partition coefficient (Wildman–Crippen LogP) is 3.39. The number of fused-ring (bicyclic) bond motifs is 1. The van der Waals surface area contributed by atoms with Gasteiger partial charge >= 0.3 is 0 Å². The summed E-state index contributed by atoms with van der Waals surface area (Å²) in [5.41, 5.74) is 2.51. The zero-order valence-electron chi connectivity index (χ0n) is 25.9. The summed E-state index contributed by atoms with van der Waals surface area (Å²) >= 11 is 7.06. The molecule has 0 radical (unpaired) electrons. The minimum absolute atomic E-state index is 0.168. The number of sulfone groups is 1. The number of piperidine rings is 1. The van der Waals surface area contributed by atoms with Gasteiger partial charge in [-0.1, -0.05) is 11.6 Å². The molecule has 7 rings (SSSR count). The van der Waals surface area contributed by atoms with Crippen LogP contribution < -0.4 is 15.5 Å². The third-order valence-electron chi connectivity index (χ3n) is 9.85.